The Kier molecular flexibility index (Phi) is 7.45. The second-order valence-electron chi connectivity index (χ2n) is 5.12. The quantitative estimate of drug-likeness (QED) is 0.698. The van der Waals surface area contributed by atoms with Crippen LogP contribution in [0.4, 0.5) is 0 Å². The van der Waals surface area contributed by atoms with Gasteiger partial charge in [-0.2, -0.15) is 0 Å². The summed E-state index contributed by atoms with van der Waals surface area (Å²) in [5.41, 5.74) is 2.00. The van der Waals surface area contributed by atoms with Crippen LogP contribution in [0.2, 0.25) is 0 Å². The number of aromatic nitrogens is 1. The average molecular weight is 266 g/mol. The fourth-order valence-corrected chi connectivity index (χ4v) is 1.72. The van der Waals surface area contributed by atoms with Crippen molar-refractivity contribution in [2.45, 2.75) is 33.7 Å². The van der Waals surface area contributed by atoms with Crippen LogP contribution in [-0.2, 0) is 11.3 Å². The van der Waals surface area contributed by atoms with Gasteiger partial charge in [-0.25, -0.2) is 0 Å². The summed E-state index contributed by atoms with van der Waals surface area (Å²) in [5.74, 6) is 1.51. The van der Waals surface area contributed by atoms with Crippen molar-refractivity contribution >= 4 is 0 Å². The van der Waals surface area contributed by atoms with Crippen LogP contribution in [0.1, 0.15) is 31.7 Å². The third-order valence-corrected chi connectivity index (χ3v) is 2.67. The van der Waals surface area contributed by atoms with E-state index in [1.54, 1.807) is 7.11 Å². The van der Waals surface area contributed by atoms with Crippen molar-refractivity contribution in [3.05, 3.63) is 23.5 Å². The molecule has 4 nitrogen and oxygen atoms in total. The van der Waals surface area contributed by atoms with Gasteiger partial charge in [-0.15, -0.1) is 0 Å². The zero-order valence-electron chi connectivity index (χ0n) is 12.5. The largest absolute Gasteiger partial charge is 0.492 e. The maximum atomic E-state index is 5.77. The molecule has 1 aromatic heterocycles. The lowest BCUT2D eigenvalue weighted by Crippen LogP contribution is -2.20. The maximum Gasteiger partial charge on any atom is 0.142 e. The van der Waals surface area contributed by atoms with Gasteiger partial charge in [0.05, 0.1) is 12.3 Å². The van der Waals surface area contributed by atoms with Crippen molar-refractivity contribution in [3.63, 3.8) is 0 Å². The van der Waals surface area contributed by atoms with Gasteiger partial charge in [0.15, 0.2) is 0 Å². The molecule has 1 rings (SSSR count). The zero-order valence-corrected chi connectivity index (χ0v) is 12.5. The van der Waals surface area contributed by atoms with Crippen LogP contribution in [0.3, 0.4) is 0 Å². The molecular formula is C15H26N2O2. The summed E-state index contributed by atoms with van der Waals surface area (Å²) in [4.78, 5) is 4.55. The van der Waals surface area contributed by atoms with Crippen LogP contribution in [0.15, 0.2) is 12.1 Å². The van der Waals surface area contributed by atoms with E-state index in [2.05, 4.69) is 24.1 Å². The Morgan fingerprint density at radius 2 is 2.05 bits per heavy atom. The van der Waals surface area contributed by atoms with Gasteiger partial charge in [0, 0.05) is 32.4 Å². The zero-order chi connectivity index (χ0) is 14.1. The Bertz CT molecular complexity index is 367. The summed E-state index contributed by atoms with van der Waals surface area (Å²) in [6.07, 6.45) is 0.892. The Labute approximate surface area is 116 Å². The lowest BCUT2D eigenvalue weighted by molar-refractivity contribution is 0.171. The summed E-state index contributed by atoms with van der Waals surface area (Å²) in [6.45, 7) is 9.51. The van der Waals surface area contributed by atoms with E-state index >= 15 is 0 Å². The second-order valence-corrected chi connectivity index (χ2v) is 5.12. The molecule has 0 atom stereocenters. The van der Waals surface area contributed by atoms with Crippen molar-refractivity contribution in [3.8, 4) is 5.75 Å². The first kappa shape index (κ1) is 15.9. The first-order chi connectivity index (χ1) is 9.13. The third-order valence-electron chi connectivity index (χ3n) is 2.67. The molecule has 0 aliphatic carbocycles. The van der Waals surface area contributed by atoms with Gasteiger partial charge < -0.3 is 14.8 Å². The molecule has 19 heavy (non-hydrogen) atoms. The molecule has 0 saturated heterocycles. The molecule has 4 heteroatoms. The van der Waals surface area contributed by atoms with Crippen LogP contribution >= 0.6 is 0 Å². The Balaban J connectivity index is 2.53. The Hall–Kier alpha value is -1.13. The molecule has 0 aliphatic heterocycles. The lowest BCUT2D eigenvalue weighted by Gasteiger charge is -2.13. The minimum Gasteiger partial charge on any atom is -0.492 e. The van der Waals surface area contributed by atoms with E-state index in [1.807, 2.05) is 19.1 Å². The second kappa shape index (κ2) is 8.88. The van der Waals surface area contributed by atoms with Gasteiger partial charge >= 0.3 is 0 Å². The molecule has 108 valence electrons. The predicted octanol–water partition coefficient (Wildman–Crippen LogP) is 2.55. The molecular weight excluding hydrogens is 240 g/mol. The van der Waals surface area contributed by atoms with E-state index in [1.165, 1.54) is 0 Å². The van der Waals surface area contributed by atoms with Crippen molar-refractivity contribution < 1.29 is 9.47 Å². The number of aryl methyl sites for hydroxylation is 1. The molecule has 0 radical (unpaired) electrons. The standard InChI is InChI=1S/C15H26N2O2/c1-12(2)10-16-11-14-15(7-6-13(3)17-14)19-9-5-8-18-4/h6-7,12,16H,5,8-11H2,1-4H3. The molecule has 0 amide bonds. The van der Waals surface area contributed by atoms with E-state index in [-0.39, 0.29) is 0 Å². The van der Waals surface area contributed by atoms with Gasteiger partial charge in [0.1, 0.15) is 5.75 Å². The van der Waals surface area contributed by atoms with Crippen LogP contribution in [0.25, 0.3) is 0 Å². The van der Waals surface area contributed by atoms with Crippen molar-refractivity contribution in [1.29, 1.82) is 0 Å². The van der Waals surface area contributed by atoms with Crippen molar-refractivity contribution in [2.75, 3.05) is 26.9 Å². The third kappa shape index (κ3) is 6.55. The number of ether oxygens (including phenoxy) is 2. The molecule has 1 N–H and O–H groups in total. The van der Waals surface area contributed by atoms with Gasteiger partial charge in [-0.3, -0.25) is 4.98 Å². The van der Waals surface area contributed by atoms with E-state index in [0.29, 0.717) is 12.5 Å². The van der Waals surface area contributed by atoms with Crippen molar-refractivity contribution in [1.82, 2.24) is 10.3 Å². The van der Waals surface area contributed by atoms with E-state index in [9.17, 15) is 0 Å². The van der Waals surface area contributed by atoms with Gasteiger partial charge in [-0.05, 0) is 31.5 Å². The number of pyridine rings is 1. The minimum absolute atomic E-state index is 0.635. The summed E-state index contributed by atoms with van der Waals surface area (Å²) in [5, 5.41) is 3.40. The summed E-state index contributed by atoms with van der Waals surface area (Å²) >= 11 is 0. The molecule has 1 aromatic rings. The monoisotopic (exact) mass is 266 g/mol. The highest BCUT2D eigenvalue weighted by molar-refractivity contribution is 5.29. The highest BCUT2D eigenvalue weighted by atomic mass is 16.5. The average Bonchev–Trinajstić information content (AvgIpc) is 2.36. The van der Waals surface area contributed by atoms with Crippen LogP contribution in [-0.4, -0.2) is 31.9 Å². The molecule has 0 aromatic carbocycles. The summed E-state index contributed by atoms with van der Waals surface area (Å²) in [7, 11) is 1.70. The Morgan fingerprint density at radius 3 is 2.74 bits per heavy atom. The highest BCUT2D eigenvalue weighted by Crippen LogP contribution is 2.17. The lowest BCUT2D eigenvalue weighted by atomic mass is 10.2. The number of hydrogen-bond acceptors (Lipinski definition) is 4. The van der Waals surface area contributed by atoms with Gasteiger partial charge in [-0.1, -0.05) is 13.8 Å². The van der Waals surface area contributed by atoms with Crippen molar-refractivity contribution in [2.24, 2.45) is 5.92 Å². The highest BCUT2D eigenvalue weighted by Gasteiger charge is 2.06. The molecule has 0 aliphatic rings. The number of methoxy groups -OCH3 is 1. The molecule has 1 heterocycles. The smallest absolute Gasteiger partial charge is 0.142 e. The number of nitrogens with zero attached hydrogens (tertiary/aromatic N) is 1. The van der Waals surface area contributed by atoms with E-state index in [4.69, 9.17) is 9.47 Å². The molecule has 0 saturated carbocycles. The molecule has 0 unspecified atom stereocenters. The normalized spacial score (nSPS) is 11.0. The molecule has 0 spiro atoms. The van der Waals surface area contributed by atoms with E-state index < -0.39 is 0 Å². The molecule has 0 fully saturated rings. The predicted molar refractivity (Wildman–Crippen MR) is 77.5 cm³/mol. The SMILES string of the molecule is COCCCOc1ccc(C)nc1CNCC(C)C. The van der Waals surface area contributed by atoms with Crippen LogP contribution in [0.5, 0.6) is 5.75 Å². The van der Waals surface area contributed by atoms with Gasteiger partial charge in [0.25, 0.3) is 0 Å². The van der Waals surface area contributed by atoms with Crippen LogP contribution in [0, 0.1) is 12.8 Å². The summed E-state index contributed by atoms with van der Waals surface area (Å²) in [6, 6.07) is 3.99. The first-order valence-electron chi connectivity index (χ1n) is 6.92. The Morgan fingerprint density at radius 1 is 1.26 bits per heavy atom. The van der Waals surface area contributed by atoms with Crippen LogP contribution < -0.4 is 10.1 Å². The topological polar surface area (TPSA) is 43.4 Å². The number of hydrogen-bond donors (Lipinski definition) is 1. The minimum atomic E-state index is 0.635. The van der Waals surface area contributed by atoms with E-state index in [0.717, 1.165) is 43.3 Å². The fourth-order valence-electron chi connectivity index (χ4n) is 1.72. The maximum absolute atomic E-state index is 5.77. The number of nitrogens with one attached hydrogen (secondary N) is 1. The molecule has 0 bridgehead atoms. The first-order valence-corrected chi connectivity index (χ1v) is 6.92. The number of rotatable bonds is 9. The van der Waals surface area contributed by atoms with Gasteiger partial charge in [0.2, 0.25) is 0 Å². The fraction of sp³-hybridized carbons (Fsp3) is 0.667. The summed E-state index contributed by atoms with van der Waals surface area (Å²) < 4.78 is 10.8.